The first kappa shape index (κ1) is 10.1. The molecule has 1 fully saturated rings. The highest BCUT2D eigenvalue weighted by molar-refractivity contribution is 5.24. The van der Waals surface area contributed by atoms with Crippen LogP contribution < -0.4 is 5.32 Å². The maximum atomic E-state index is 3.82. The second kappa shape index (κ2) is 4.91. The van der Waals surface area contributed by atoms with E-state index in [9.17, 15) is 0 Å². The quantitative estimate of drug-likeness (QED) is 0.602. The number of aryl methyl sites for hydroxylation is 1. The smallest absolute Gasteiger partial charge is 0.131 e. The zero-order chi connectivity index (χ0) is 10.5. The van der Waals surface area contributed by atoms with Gasteiger partial charge in [-0.1, -0.05) is 11.1 Å². The molecule has 1 aromatic rings. The number of nitrogens with zero attached hydrogens (tertiary/aromatic N) is 4. The molecule has 0 saturated carbocycles. The van der Waals surface area contributed by atoms with E-state index in [0.29, 0.717) is 0 Å². The highest BCUT2D eigenvalue weighted by Gasteiger charge is 2.06. The normalized spacial score (nSPS) is 17.1. The molecule has 1 saturated heterocycles. The molecule has 2 rings (SSSR count). The molecule has 15 heavy (non-hydrogen) atoms. The Morgan fingerprint density at radius 1 is 1.47 bits per heavy atom. The minimum absolute atomic E-state index is 0.826. The van der Waals surface area contributed by atoms with Crippen LogP contribution in [0.3, 0.4) is 0 Å². The average molecular weight is 205 g/mol. The third-order valence-electron chi connectivity index (χ3n) is 2.44. The number of hydrogen-bond acceptors (Lipinski definition) is 4. The van der Waals surface area contributed by atoms with E-state index in [1.54, 1.807) is 10.9 Å². The molecule has 0 spiro atoms. The lowest BCUT2D eigenvalue weighted by Gasteiger charge is -2.24. The maximum absolute atomic E-state index is 3.82. The van der Waals surface area contributed by atoms with Crippen LogP contribution in [0.1, 0.15) is 5.69 Å². The van der Waals surface area contributed by atoms with Gasteiger partial charge in [0.05, 0.1) is 12.7 Å². The van der Waals surface area contributed by atoms with Gasteiger partial charge < -0.3 is 5.32 Å². The second-order valence-corrected chi connectivity index (χ2v) is 3.57. The first-order valence-electron chi connectivity index (χ1n) is 5.13. The van der Waals surface area contributed by atoms with Gasteiger partial charge in [-0.15, -0.1) is 5.10 Å². The van der Waals surface area contributed by atoms with Crippen molar-refractivity contribution in [3.05, 3.63) is 11.9 Å². The van der Waals surface area contributed by atoms with Gasteiger partial charge in [0, 0.05) is 33.2 Å². The summed E-state index contributed by atoms with van der Waals surface area (Å²) in [5, 5.41) is 10.9. The Morgan fingerprint density at radius 3 is 2.93 bits per heavy atom. The van der Waals surface area contributed by atoms with E-state index in [0.717, 1.165) is 38.4 Å². The summed E-state index contributed by atoms with van der Waals surface area (Å²) in [7, 11) is 1.85. The summed E-state index contributed by atoms with van der Waals surface area (Å²) < 4.78 is 1.69. The fourth-order valence-corrected chi connectivity index (χ4v) is 1.51. The van der Waals surface area contributed by atoms with Gasteiger partial charge in [0.25, 0.3) is 0 Å². The summed E-state index contributed by atoms with van der Waals surface area (Å²) >= 11 is 0. The molecule has 0 aliphatic carbocycles. The van der Waals surface area contributed by atoms with E-state index in [4.69, 9.17) is 0 Å². The predicted octanol–water partition coefficient (Wildman–Crippen LogP) is -0.928. The molecule has 0 radical (unpaired) electrons. The molecule has 80 valence electrons. The van der Waals surface area contributed by atoms with E-state index in [2.05, 4.69) is 32.4 Å². The molecule has 5 nitrogen and oxygen atoms in total. The first-order valence-corrected chi connectivity index (χ1v) is 5.13. The maximum Gasteiger partial charge on any atom is 0.131 e. The van der Waals surface area contributed by atoms with Crippen LogP contribution in [0.5, 0.6) is 0 Å². The van der Waals surface area contributed by atoms with Crippen molar-refractivity contribution in [2.24, 2.45) is 7.05 Å². The van der Waals surface area contributed by atoms with Crippen molar-refractivity contribution in [2.75, 3.05) is 32.7 Å². The number of piperazine rings is 1. The SMILES string of the molecule is Cn1nncc1C#CCN1CCNCC1. The molecule has 0 atom stereocenters. The van der Waals surface area contributed by atoms with E-state index in [-0.39, 0.29) is 0 Å². The molecule has 1 N–H and O–H groups in total. The van der Waals surface area contributed by atoms with Crippen molar-refractivity contribution in [3.8, 4) is 11.8 Å². The molecule has 1 aromatic heterocycles. The number of hydrogen-bond donors (Lipinski definition) is 1. The zero-order valence-electron chi connectivity index (χ0n) is 8.90. The van der Waals surface area contributed by atoms with E-state index < -0.39 is 0 Å². The number of aromatic nitrogens is 3. The van der Waals surface area contributed by atoms with Crippen molar-refractivity contribution in [1.82, 2.24) is 25.2 Å². The van der Waals surface area contributed by atoms with E-state index in [1.807, 2.05) is 7.05 Å². The Hall–Kier alpha value is -1.38. The summed E-state index contributed by atoms with van der Waals surface area (Å²) in [5.41, 5.74) is 0.866. The van der Waals surface area contributed by atoms with Crippen LogP contribution in [-0.2, 0) is 7.05 Å². The molecule has 0 bridgehead atoms. The Bertz CT molecular complexity index is 367. The van der Waals surface area contributed by atoms with Crippen LogP contribution in [-0.4, -0.2) is 52.6 Å². The van der Waals surface area contributed by atoms with Crippen molar-refractivity contribution >= 4 is 0 Å². The Balaban J connectivity index is 1.87. The van der Waals surface area contributed by atoms with Gasteiger partial charge in [-0.25, -0.2) is 4.68 Å². The van der Waals surface area contributed by atoms with Crippen molar-refractivity contribution in [1.29, 1.82) is 0 Å². The Labute approximate surface area is 89.4 Å². The molecule has 1 aliphatic rings. The molecular weight excluding hydrogens is 190 g/mol. The molecule has 2 heterocycles. The topological polar surface area (TPSA) is 46.0 Å². The van der Waals surface area contributed by atoms with Crippen molar-refractivity contribution in [3.63, 3.8) is 0 Å². The van der Waals surface area contributed by atoms with E-state index in [1.165, 1.54) is 0 Å². The molecule has 1 aliphatic heterocycles. The number of rotatable bonds is 1. The molecular formula is C10H15N5. The summed E-state index contributed by atoms with van der Waals surface area (Å²) in [6.07, 6.45) is 1.69. The monoisotopic (exact) mass is 205 g/mol. The van der Waals surface area contributed by atoms with Crippen LogP contribution >= 0.6 is 0 Å². The van der Waals surface area contributed by atoms with Crippen LogP contribution in [0.4, 0.5) is 0 Å². The van der Waals surface area contributed by atoms with Gasteiger partial charge in [0.1, 0.15) is 5.69 Å². The lowest BCUT2D eigenvalue weighted by atomic mass is 10.3. The minimum atomic E-state index is 0.826. The summed E-state index contributed by atoms with van der Waals surface area (Å²) in [6, 6.07) is 0. The molecule has 0 unspecified atom stereocenters. The standard InChI is InChI=1S/C10H15N5/c1-14-10(9-12-13-14)3-2-6-15-7-4-11-5-8-15/h9,11H,4-8H2,1H3. The third-order valence-corrected chi connectivity index (χ3v) is 2.44. The highest BCUT2D eigenvalue weighted by Crippen LogP contribution is 1.92. The minimum Gasteiger partial charge on any atom is -0.314 e. The van der Waals surface area contributed by atoms with Gasteiger partial charge in [-0.05, 0) is 5.92 Å². The van der Waals surface area contributed by atoms with Crippen LogP contribution in [0, 0.1) is 11.8 Å². The van der Waals surface area contributed by atoms with Crippen molar-refractivity contribution < 1.29 is 0 Å². The lowest BCUT2D eigenvalue weighted by molar-refractivity contribution is 0.268. The third kappa shape index (κ3) is 2.78. The van der Waals surface area contributed by atoms with Gasteiger partial charge >= 0.3 is 0 Å². The largest absolute Gasteiger partial charge is 0.314 e. The van der Waals surface area contributed by atoms with Gasteiger partial charge in [0.2, 0.25) is 0 Å². The van der Waals surface area contributed by atoms with Gasteiger partial charge in [-0.3, -0.25) is 4.90 Å². The van der Waals surface area contributed by atoms with Crippen LogP contribution in [0.25, 0.3) is 0 Å². The Kier molecular flexibility index (Phi) is 3.33. The molecule has 0 aromatic carbocycles. The molecule has 5 heteroatoms. The summed E-state index contributed by atoms with van der Waals surface area (Å²) in [5.74, 6) is 6.21. The summed E-state index contributed by atoms with van der Waals surface area (Å²) in [4.78, 5) is 2.34. The predicted molar refractivity (Wildman–Crippen MR) is 57.2 cm³/mol. The first-order chi connectivity index (χ1) is 7.36. The number of nitrogens with one attached hydrogen (secondary N) is 1. The van der Waals surface area contributed by atoms with Crippen LogP contribution in [0.15, 0.2) is 6.20 Å². The van der Waals surface area contributed by atoms with Gasteiger partial charge in [0.15, 0.2) is 0 Å². The fraction of sp³-hybridized carbons (Fsp3) is 0.600. The average Bonchev–Trinajstić information content (AvgIpc) is 2.66. The van der Waals surface area contributed by atoms with E-state index >= 15 is 0 Å². The molecule has 0 amide bonds. The second-order valence-electron chi connectivity index (χ2n) is 3.57. The van der Waals surface area contributed by atoms with Crippen LogP contribution in [0.2, 0.25) is 0 Å². The van der Waals surface area contributed by atoms with Gasteiger partial charge in [-0.2, -0.15) is 0 Å². The highest BCUT2D eigenvalue weighted by atomic mass is 15.4. The Morgan fingerprint density at radius 2 is 2.27 bits per heavy atom. The lowest BCUT2D eigenvalue weighted by Crippen LogP contribution is -2.43. The van der Waals surface area contributed by atoms with Crippen molar-refractivity contribution in [2.45, 2.75) is 0 Å². The fourth-order valence-electron chi connectivity index (χ4n) is 1.51. The zero-order valence-corrected chi connectivity index (χ0v) is 8.90. The summed E-state index contributed by atoms with van der Waals surface area (Å²) in [6.45, 7) is 5.12.